The van der Waals surface area contributed by atoms with Gasteiger partial charge in [0, 0.05) is 32.4 Å². The number of amides is 1. The number of aryl methyl sites for hydroxylation is 1. The van der Waals surface area contributed by atoms with Crippen LogP contribution in [0.4, 0.5) is 5.82 Å². The summed E-state index contributed by atoms with van der Waals surface area (Å²) in [6, 6.07) is 9.37. The molecular formula is C22H29ClN4O3S. The Bertz CT molecular complexity index is 1000. The molecule has 1 N–H and O–H groups in total. The summed E-state index contributed by atoms with van der Waals surface area (Å²) >= 11 is 6.24. The van der Waals surface area contributed by atoms with Crippen LogP contribution in [0.2, 0.25) is 5.02 Å². The lowest BCUT2D eigenvalue weighted by Gasteiger charge is -2.37. The van der Waals surface area contributed by atoms with Crippen LogP contribution in [-0.2, 0) is 14.8 Å². The monoisotopic (exact) mass is 464 g/mol. The van der Waals surface area contributed by atoms with Crippen molar-refractivity contribution in [3.8, 4) is 0 Å². The Morgan fingerprint density at radius 2 is 1.77 bits per heavy atom. The van der Waals surface area contributed by atoms with E-state index in [1.165, 1.54) is 0 Å². The van der Waals surface area contributed by atoms with Gasteiger partial charge in [0.05, 0.1) is 9.92 Å². The first-order chi connectivity index (χ1) is 14.7. The summed E-state index contributed by atoms with van der Waals surface area (Å²) in [7, 11) is -3.80. The van der Waals surface area contributed by atoms with Gasteiger partial charge in [-0.05, 0) is 43.5 Å². The van der Waals surface area contributed by atoms with Gasteiger partial charge in [-0.15, -0.1) is 0 Å². The zero-order valence-electron chi connectivity index (χ0n) is 18.1. The van der Waals surface area contributed by atoms with Gasteiger partial charge >= 0.3 is 0 Å². The quantitative estimate of drug-likeness (QED) is 0.680. The number of benzene rings is 1. The number of hydrogen-bond acceptors (Lipinski definition) is 5. The lowest BCUT2D eigenvalue weighted by molar-refractivity contribution is -0.133. The molecule has 9 heteroatoms. The van der Waals surface area contributed by atoms with Crippen LogP contribution in [0.3, 0.4) is 0 Å². The van der Waals surface area contributed by atoms with Gasteiger partial charge in [-0.1, -0.05) is 43.1 Å². The molecule has 7 nitrogen and oxygen atoms in total. The van der Waals surface area contributed by atoms with Crippen LogP contribution in [0.15, 0.2) is 47.5 Å². The first-order valence-electron chi connectivity index (χ1n) is 10.4. The summed E-state index contributed by atoms with van der Waals surface area (Å²) in [5.41, 5.74) is 0.972. The molecule has 1 aromatic heterocycles. The molecule has 2 aromatic rings. The summed E-state index contributed by atoms with van der Waals surface area (Å²) < 4.78 is 28.4. The molecule has 0 radical (unpaired) electrons. The Morgan fingerprint density at radius 1 is 1.13 bits per heavy atom. The number of anilines is 1. The van der Waals surface area contributed by atoms with Gasteiger partial charge in [0.15, 0.2) is 0 Å². The van der Waals surface area contributed by atoms with Gasteiger partial charge in [0.25, 0.3) is 0 Å². The first kappa shape index (κ1) is 23.5. The van der Waals surface area contributed by atoms with Crippen LogP contribution < -0.4 is 9.62 Å². The number of carbonyl (C=O) groups is 1. The lowest BCUT2D eigenvalue weighted by Crippen LogP contribution is -2.55. The highest BCUT2D eigenvalue weighted by Crippen LogP contribution is 2.24. The number of carbonyl (C=O) groups excluding carboxylic acids is 1. The minimum absolute atomic E-state index is 0.156. The normalized spacial score (nSPS) is 15.9. The SMILES string of the molecule is Cc1ccc(S(=O)(=O)NC(CC(C)C)C(=O)N2CCN(c3ncccc3Cl)CC2)cc1. The van der Waals surface area contributed by atoms with Gasteiger partial charge in [-0.3, -0.25) is 4.79 Å². The predicted octanol–water partition coefficient (Wildman–Crippen LogP) is 3.09. The molecule has 2 heterocycles. The zero-order valence-corrected chi connectivity index (χ0v) is 19.7. The summed E-state index contributed by atoms with van der Waals surface area (Å²) in [5.74, 6) is 0.662. The van der Waals surface area contributed by atoms with Crippen LogP contribution in [-0.4, -0.2) is 56.4 Å². The van der Waals surface area contributed by atoms with E-state index >= 15 is 0 Å². The van der Waals surface area contributed by atoms with E-state index in [-0.39, 0.29) is 16.7 Å². The minimum Gasteiger partial charge on any atom is -0.352 e. The Hall–Kier alpha value is -2.16. The number of nitrogens with zero attached hydrogens (tertiary/aromatic N) is 3. The van der Waals surface area contributed by atoms with Crippen molar-refractivity contribution in [2.45, 2.75) is 38.1 Å². The maximum atomic E-state index is 13.2. The average Bonchev–Trinajstić information content (AvgIpc) is 2.73. The number of halogens is 1. The molecule has 31 heavy (non-hydrogen) atoms. The van der Waals surface area contributed by atoms with Crippen molar-refractivity contribution < 1.29 is 13.2 Å². The number of aromatic nitrogens is 1. The highest BCUT2D eigenvalue weighted by atomic mass is 35.5. The van der Waals surface area contributed by atoms with Gasteiger partial charge in [-0.2, -0.15) is 4.72 Å². The minimum atomic E-state index is -3.80. The summed E-state index contributed by atoms with van der Waals surface area (Å²) in [4.78, 5) is 21.5. The molecule has 1 aromatic carbocycles. The third-order valence-electron chi connectivity index (χ3n) is 5.26. The van der Waals surface area contributed by atoms with E-state index in [4.69, 9.17) is 11.6 Å². The molecule has 0 spiro atoms. The molecule has 0 saturated carbocycles. The van der Waals surface area contributed by atoms with Crippen LogP contribution in [0, 0.1) is 12.8 Å². The highest BCUT2D eigenvalue weighted by Gasteiger charge is 2.32. The molecule has 1 saturated heterocycles. The maximum absolute atomic E-state index is 13.2. The molecule has 1 unspecified atom stereocenters. The van der Waals surface area contributed by atoms with Crippen LogP contribution in [0.5, 0.6) is 0 Å². The molecule has 1 fully saturated rings. The van der Waals surface area contributed by atoms with E-state index in [0.29, 0.717) is 43.4 Å². The first-order valence-corrected chi connectivity index (χ1v) is 12.3. The van der Waals surface area contributed by atoms with Gasteiger partial charge in [0.2, 0.25) is 15.9 Å². The van der Waals surface area contributed by atoms with E-state index in [1.807, 2.05) is 25.7 Å². The van der Waals surface area contributed by atoms with Crippen LogP contribution in [0.1, 0.15) is 25.8 Å². The summed E-state index contributed by atoms with van der Waals surface area (Å²) in [6.07, 6.45) is 2.12. The second kappa shape index (κ2) is 9.97. The molecule has 1 atom stereocenters. The third-order valence-corrected chi connectivity index (χ3v) is 7.05. The fourth-order valence-corrected chi connectivity index (χ4v) is 5.06. The van der Waals surface area contributed by atoms with Crippen molar-refractivity contribution in [2.75, 3.05) is 31.1 Å². The smallest absolute Gasteiger partial charge is 0.241 e. The second-order valence-electron chi connectivity index (χ2n) is 8.24. The fraction of sp³-hybridized carbons (Fsp3) is 0.455. The van der Waals surface area contributed by atoms with Crippen molar-refractivity contribution in [1.29, 1.82) is 0 Å². The number of nitrogens with one attached hydrogen (secondary N) is 1. The number of hydrogen-bond donors (Lipinski definition) is 1. The van der Waals surface area contributed by atoms with Crippen LogP contribution >= 0.6 is 11.6 Å². The van der Waals surface area contributed by atoms with E-state index in [2.05, 4.69) is 9.71 Å². The second-order valence-corrected chi connectivity index (χ2v) is 10.4. The summed E-state index contributed by atoms with van der Waals surface area (Å²) in [5, 5.41) is 0.575. The van der Waals surface area contributed by atoms with Gasteiger partial charge in [-0.25, -0.2) is 13.4 Å². The zero-order chi connectivity index (χ0) is 22.6. The standard InChI is InChI=1S/C22H29ClN4O3S/c1-16(2)15-20(25-31(29,30)18-8-6-17(3)7-9-18)22(28)27-13-11-26(12-14-27)21-19(23)5-4-10-24-21/h4-10,16,20,25H,11-15H2,1-3H3. The van der Waals surface area contributed by atoms with E-state index in [9.17, 15) is 13.2 Å². The molecule has 1 aliphatic heterocycles. The van der Waals surface area contributed by atoms with Gasteiger partial charge in [0.1, 0.15) is 11.9 Å². The molecule has 168 valence electrons. The molecule has 3 rings (SSSR count). The van der Waals surface area contributed by atoms with Crippen molar-refractivity contribution >= 4 is 33.3 Å². The maximum Gasteiger partial charge on any atom is 0.241 e. The van der Waals surface area contributed by atoms with Gasteiger partial charge < -0.3 is 9.80 Å². The number of piperazine rings is 1. The third kappa shape index (κ3) is 5.96. The number of pyridine rings is 1. The van der Waals surface area contributed by atoms with Crippen molar-refractivity contribution in [3.63, 3.8) is 0 Å². The Balaban J connectivity index is 1.70. The van der Waals surface area contributed by atoms with Crippen molar-refractivity contribution in [2.24, 2.45) is 5.92 Å². The Morgan fingerprint density at radius 3 is 2.35 bits per heavy atom. The topological polar surface area (TPSA) is 82.6 Å². The number of sulfonamides is 1. The molecule has 1 aliphatic rings. The molecule has 0 aliphatic carbocycles. The fourth-order valence-electron chi connectivity index (χ4n) is 3.61. The van der Waals surface area contributed by atoms with E-state index in [1.54, 1.807) is 47.5 Å². The van der Waals surface area contributed by atoms with E-state index < -0.39 is 16.1 Å². The van der Waals surface area contributed by atoms with Crippen LogP contribution in [0.25, 0.3) is 0 Å². The number of rotatable bonds is 7. The molecule has 1 amide bonds. The highest BCUT2D eigenvalue weighted by molar-refractivity contribution is 7.89. The summed E-state index contributed by atoms with van der Waals surface area (Å²) in [6.45, 7) is 7.97. The largest absolute Gasteiger partial charge is 0.352 e. The molecular weight excluding hydrogens is 436 g/mol. The molecule has 0 bridgehead atoms. The predicted molar refractivity (Wildman–Crippen MR) is 123 cm³/mol. The van der Waals surface area contributed by atoms with Crippen molar-refractivity contribution in [1.82, 2.24) is 14.6 Å². The lowest BCUT2D eigenvalue weighted by atomic mass is 10.0. The Labute approximate surface area is 189 Å². The van der Waals surface area contributed by atoms with E-state index in [0.717, 1.165) is 5.56 Å². The van der Waals surface area contributed by atoms with Crippen molar-refractivity contribution in [3.05, 3.63) is 53.2 Å². The Kier molecular flexibility index (Phi) is 7.56. The average molecular weight is 465 g/mol.